The Morgan fingerprint density at radius 2 is 2.00 bits per heavy atom. The third-order valence-corrected chi connectivity index (χ3v) is 4.41. The first-order valence-corrected chi connectivity index (χ1v) is 7.21. The number of ether oxygens (including phenoxy) is 1. The predicted molar refractivity (Wildman–Crippen MR) is 71.5 cm³/mol. The van der Waals surface area contributed by atoms with Crippen molar-refractivity contribution in [3.8, 4) is 0 Å². The first-order chi connectivity index (χ1) is 9.19. The fourth-order valence-electron chi connectivity index (χ4n) is 3.47. The summed E-state index contributed by atoms with van der Waals surface area (Å²) in [5, 5.41) is 5.38. The number of hydrogen-bond donors (Lipinski definition) is 2. The SMILES string of the molecule is COCCNC(=O)CNC(=O)CC1CC2CCC1C2. The minimum Gasteiger partial charge on any atom is -0.383 e. The molecule has 108 valence electrons. The summed E-state index contributed by atoms with van der Waals surface area (Å²) >= 11 is 0. The zero-order chi connectivity index (χ0) is 13.7. The zero-order valence-corrected chi connectivity index (χ0v) is 11.6. The number of nitrogens with one attached hydrogen (secondary N) is 2. The van der Waals surface area contributed by atoms with Gasteiger partial charge in [-0.2, -0.15) is 0 Å². The highest BCUT2D eigenvalue weighted by Gasteiger charge is 2.39. The molecule has 0 radical (unpaired) electrons. The van der Waals surface area contributed by atoms with Crippen molar-refractivity contribution in [2.24, 2.45) is 17.8 Å². The molecule has 2 bridgehead atoms. The highest BCUT2D eigenvalue weighted by molar-refractivity contribution is 5.84. The van der Waals surface area contributed by atoms with Gasteiger partial charge in [0.2, 0.25) is 11.8 Å². The summed E-state index contributed by atoms with van der Waals surface area (Å²) in [5.74, 6) is 2.03. The van der Waals surface area contributed by atoms with Gasteiger partial charge in [0, 0.05) is 20.1 Å². The molecule has 19 heavy (non-hydrogen) atoms. The minimum atomic E-state index is -0.154. The van der Waals surface area contributed by atoms with Crippen molar-refractivity contribution < 1.29 is 14.3 Å². The van der Waals surface area contributed by atoms with Crippen molar-refractivity contribution in [3.63, 3.8) is 0 Å². The number of methoxy groups -OCH3 is 1. The average Bonchev–Trinajstić information content (AvgIpc) is 2.99. The van der Waals surface area contributed by atoms with E-state index in [-0.39, 0.29) is 18.4 Å². The number of fused-ring (bicyclic) bond motifs is 2. The van der Waals surface area contributed by atoms with Crippen LogP contribution in [0.15, 0.2) is 0 Å². The quantitative estimate of drug-likeness (QED) is 0.668. The molecule has 0 aromatic heterocycles. The standard InChI is InChI=1S/C14H24N2O3/c1-19-5-4-15-14(18)9-16-13(17)8-12-7-10-2-3-11(12)6-10/h10-12H,2-9H2,1H3,(H,15,18)(H,16,17). The van der Waals surface area contributed by atoms with Gasteiger partial charge in [0.25, 0.3) is 0 Å². The molecule has 2 saturated carbocycles. The van der Waals surface area contributed by atoms with Crippen molar-refractivity contribution in [2.45, 2.75) is 32.1 Å². The molecule has 0 spiro atoms. The van der Waals surface area contributed by atoms with Crippen LogP contribution in [0.3, 0.4) is 0 Å². The van der Waals surface area contributed by atoms with Gasteiger partial charge in [-0.25, -0.2) is 0 Å². The lowest BCUT2D eigenvalue weighted by molar-refractivity contribution is -0.126. The van der Waals surface area contributed by atoms with Gasteiger partial charge in [0.15, 0.2) is 0 Å². The molecule has 5 heteroatoms. The van der Waals surface area contributed by atoms with Crippen molar-refractivity contribution >= 4 is 11.8 Å². The highest BCUT2D eigenvalue weighted by atomic mass is 16.5. The first kappa shape index (κ1) is 14.3. The van der Waals surface area contributed by atoms with Gasteiger partial charge in [-0.3, -0.25) is 9.59 Å². The van der Waals surface area contributed by atoms with E-state index in [9.17, 15) is 9.59 Å². The fourth-order valence-corrected chi connectivity index (χ4v) is 3.47. The summed E-state index contributed by atoms with van der Waals surface area (Å²) in [6, 6.07) is 0. The molecule has 5 nitrogen and oxygen atoms in total. The monoisotopic (exact) mass is 268 g/mol. The van der Waals surface area contributed by atoms with E-state index in [1.54, 1.807) is 7.11 Å². The van der Waals surface area contributed by atoms with E-state index in [1.807, 2.05) is 0 Å². The molecule has 0 aromatic carbocycles. The van der Waals surface area contributed by atoms with E-state index in [4.69, 9.17) is 4.74 Å². The Balaban J connectivity index is 1.58. The largest absolute Gasteiger partial charge is 0.383 e. The molecule has 2 aliphatic carbocycles. The Morgan fingerprint density at radius 3 is 2.63 bits per heavy atom. The van der Waals surface area contributed by atoms with Crippen LogP contribution >= 0.6 is 0 Å². The van der Waals surface area contributed by atoms with E-state index in [1.165, 1.54) is 25.7 Å². The molecule has 2 aliphatic rings. The molecule has 2 fully saturated rings. The Hall–Kier alpha value is -1.10. The summed E-state index contributed by atoms with van der Waals surface area (Å²) in [6.07, 6.45) is 5.75. The van der Waals surface area contributed by atoms with E-state index in [2.05, 4.69) is 10.6 Å². The van der Waals surface area contributed by atoms with Gasteiger partial charge in [-0.15, -0.1) is 0 Å². The van der Waals surface area contributed by atoms with Crippen LogP contribution in [-0.4, -0.2) is 38.6 Å². The molecule has 0 aromatic rings. The van der Waals surface area contributed by atoms with E-state index < -0.39 is 0 Å². The second kappa shape index (κ2) is 6.89. The fraction of sp³-hybridized carbons (Fsp3) is 0.857. The Labute approximate surface area is 114 Å². The summed E-state index contributed by atoms with van der Waals surface area (Å²) < 4.78 is 4.83. The van der Waals surface area contributed by atoms with E-state index in [0.29, 0.717) is 25.5 Å². The third-order valence-electron chi connectivity index (χ3n) is 4.41. The number of carbonyl (C=O) groups is 2. The Morgan fingerprint density at radius 1 is 1.16 bits per heavy atom. The molecule has 2 N–H and O–H groups in total. The summed E-state index contributed by atoms with van der Waals surface area (Å²) in [7, 11) is 1.59. The zero-order valence-electron chi connectivity index (χ0n) is 11.6. The normalized spacial score (nSPS) is 28.4. The number of hydrogen-bond acceptors (Lipinski definition) is 3. The Kier molecular flexibility index (Phi) is 5.19. The lowest BCUT2D eigenvalue weighted by Gasteiger charge is -2.20. The maximum atomic E-state index is 11.8. The number of rotatable bonds is 7. The van der Waals surface area contributed by atoms with Crippen LogP contribution in [0, 0.1) is 17.8 Å². The first-order valence-electron chi connectivity index (χ1n) is 7.21. The molecular formula is C14H24N2O3. The van der Waals surface area contributed by atoms with Gasteiger partial charge in [0.05, 0.1) is 13.2 Å². The smallest absolute Gasteiger partial charge is 0.239 e. The summed E-state index contributed by atoms with van der Waals surface area (Å²) in [5.41, 5.74) is 0. The molecule has 2 rings (SSSR count). The molecule has 0 heterocycles. The van der Waals surface area contributed by atoms with Crippen LogP contribution in [-0.2, 0) is 14.3 Å². The van der Waals surface area contributed by atoms with Crippen molar-refractivity contribution in [1.82, 2.24) is 10.6 Å². The van der Waals surface area contributed by atoms with E-state index >= 15 is 0 Å². The van der Waals surface area contributed by atoms with Crippen molar-refractivity contribution in [2.75, 3.05) is 26.8 Å². The van der Waals surface area contributed by atoms with Crippen LogP contribution in [0.2, 0.25) is 0 Å². The maximum Gasteiger partial charge on any atom is 0.239 e. The van der Waals surface area contributed by atoms with Crippen LogP contribution in [0.1, 0.15) is 32.1 Å². The van der Waals surface area contributed by atoms with Crippen LogP contribution in [0.4, 0.5) is 0 Å². The highest BCUT2D eigenvalue weighted by Crippen LogP contribution is 2.49. The van der Waals surface area contributed by atoms with Crippen LogP contribution in [0.25, 0.3) is 0 Å². The average molecular weight is 268 g/mol. The molecular weight excluding hydrogens is 244 g/mol. The molecule has 0 saturated heterocycles. The molecule has 3 unspecified atom stereocenters. The van der Waals surface area contributed by atoms with Crippen molar-refractivity contribution in [1.29, 1.82) is 0 Å². The van der Waals surface area contributed by atoms with Crippen LogP contribution in [0.5, 0.6) is 0 Å². The molecule has 2 amide bonds. The van der Waals surface area contributed by atoms with Gasteiger partial charge < -0.3 is 15.4 Å². The second-order valence-corrected chi connectivity index (χ2v) is 5.76. The Bertz CT molecular complexity index is 333. The lowest BCUT2D eigenvalue weighted by atomic mass is 9.86. The maximum absolute atomic E-state index is 11.8. The van der Waals surface area contributed by atoms with Gasteiger partial charge in [0.1, 0.15) is 0 Å². The van der Waals surface area contributed by atoms with Gasteiger partial charge >= 0.3 is 0 Å². The summed E-state index contributed by atoms with van der Waals surface area (Å²) in [4.78, 5) is 23.2. The molecule has 3 atom stereocenters. The lowest BCUT2D eigenvalue weighted by Crippen LogP contribution is -2.38. The van der Waals surface area contributed by atoms with E-state index in [0.717, 1.165) is 11.8 Å². The number of amides is 2. The van der Waals surface area contributed by atoms with Crippen molar-refractivity contribution in [3.05, 3.63) is 0 Å². The third kappa shape index (κ3) is 4.20. The molecule has 0 aliphatic heterocycles. The summed E-state index contributed by atoms with van der Waals surface area (Å²) in [6.45, 7) is 1.05. The van der Waals surface area contributed by atoms with Crippen LogP contribution < -0.4 is 10.6 Å². The predicted octanol–water partition coefficient (Wildman–Crippen LogP) is 0.691. The minimum absolute atomic E-state index is 0.0134. The second-order valence-electron chi connectivity index (χ2n) is 5.76. The van der Waals surface area contributed by atoms with Gasteiger partial charge in [-0.1, -0.05) is 6.42 Å². The number of carbonyl (C=O) groups excluding carboxylic acids is 2. The topological polar surface area (TPSA) is 67.4 Å². The van der Waals surface area contributed by atoms with Gasteiger partial charge in [-0.05, 0) is 37.0 Å².